The summed E-state index contributed by atoms with van der Waals surface area (Å²) in [6, 6.07) is 0. The molecule has 0 N–H and O–H groups in total. The molecule has 0 aliphatic heterocycles. The van der Waals surface area contributed by atoms with Crippen LogP contribution in [-0.2, 0) is 0 Å². The predicted octanol–water partition coefficient (Wildman–Crippen LogP) is 0.677. The molecule has 0 heterocycles. The third-order valence-electron chi connectivity index (χ3n) is 2.98. The van der Waals surface area contributed by atoms with Crippen LogP contribution in [0.4, 0.5) is 0 Å². The zero-order valence-corrected chi connectivity index (χ0v) is 14.1. The summed E-state index contributed by atoms with van der Waals surface area (Å²) in [4.78, 5) is 0. The molecule has 1 rings (SSSR count). The summed E-state index contributed by atoms with van der Waals surface area (Å²) in [7, 11) is 0. The van der Waals surface area contributed by atoms with Crippen molar-refractivity contribution in [3.05, 3.63) is 6.42 Å². The molecule has 66 valence electrons. The first kappa shape index (κ1) is 13.8. The van der Waals surface area contributed by atoms with E-state index in [1.54, 1.807) is 0 Å². The van der Waals surface area contributed by atoms with Gasteiger partial charge in [-0.05, 0) is 11.8 Å². The molecule has 1 saturated carbocycles. The second-order valence-corrected chi connectivity index (χ2v) is 4.45. The molecule has 1 aliphatic carbocycles. The molecule has 0 radical (unpaired) electrons. The summed E-state index contributed by atoms with van der Waals surface area (Å²) in [5, 5.41) is 0. The quantitative estimate of drug-likeness (QED) is 0.466. The van der Waals surface area contributed by atoms with Gasteiger partial charge in [-0.15, -0.1) is 0 Å². The summed E-state index contributed by atoms with van der Waals surface area (Å²) in [6.07, 6.45) is 8.08. The molecule has 1 aliphatic rings. The third kappa shape index (κ3) is 4.88. The van der Waals surface area contributed by atoms with Crippen molar-refractivity contribution in [1.82, 2.24) is 0 Å². The fraction of sp³-hybridized carbons (Fsp3) is 0.909. The molecule has 0 nitrogen and oxygen atoms in total. The van der Waals surface area contributed by atoms with E-state index in [1.807, 2.05) is 0 Å². The Balaban J connectivity index is 0.00000121. The van der Waals surface area contributed by atoms with Gasteiger partial charge in [0.15, 0.2) is 0 Å². The van der Waals surface area contributed by atoms with Crippen molar-refractivity contribution < 1.29 is 58.2 Å². The van der Waals surface area contributed by atoms with Gasteiger partial charge in [-0.3, -0.25) is 0 Å². The molecule has 1 heteroatoms. The van der Waals surface area contributed by atoms with Crippen LogP contribution < -0.4 is 58.2 Å². The summed E-state index contributed by atoms with van der Waals surface area (Å²) < 4.78 is 0. The van der Waals surface area contributed by atoms with E-state index < -0.39 is 0 Å². The van der Waals surface area contributed by atoms with Gasteiger partial charge in [0.1, 0.15) is 0 Å². The number of rotatable bonds is 1. The van der Waals surface area contributed by atoms with Crippen molar-refractivity contribution >= 4 is 0 Å². The Morgan fingerprint density at radius 3 is 2.58 bits per heavy atom. The normalized spacial score (nSPS) is 31.0. The van der Waals surface area contributed by atoms with Gasteiger partial charge in [0.2, 0.25) is 0 Å². The maximum absolute atomic E-state index is 2.49. The van der Waals surface area contributed by atoms with Crippen molar-refractivity contribution in [3.63, 3.8) is 0 Å². The van der Waals surface area contributed by atoms with Crippen LogP contribution in [0, 0.1) is 24.2 Å². The molecule has 2 unspecified atom stereocenters. The Labute approximate surface area is 127 Å². The van der Waals surface area contributed by atoms with Gasteiger partial charge in [0, 0.05) is 0 Å². The van der Waals surface area contributed by atoms with E-state index in [0.29, 0.717) is 0 Å². The van der Waals surface area contributed by atoms with E-state index in [4.69, 9.17) is 0 Å². The molecule has 0 aromatic rings. The van der Waals surface area contributed by atoms with Crippen molar-refractivity contribution in [1.29, 1.82) is 0 Å². The Morgan fingerprint density at radius 2 is 2.00 bits per heavy atom. The van der Waals surface area contributed by atoms with Crippen LogP contribution in [-0.4, -0.2) is 0 Å². The van der Waals surface area contributed by atoms with Gasteiger partial charge >= 0.3 is 58.2 Å². The average molecular weight is 239 g/mol. The summed E-state index contributed by atoms with van der Waals surface area (Å²) in [5.41, 5.74) is 0. The first-order chi connectivity index (χ1) is 5.20. The molecule has 0 bridgehead atoms. The van der Waals surface area contributed by atoms with Gasteiger partial charge < -0.3 is 6.42 Å². The van der Waals surface area contributed by atoms with Gasteiger partial charge in [-0.2, -0.15) is 12.8 Å². The molecule has 0 amide bonds. The summed E-state index contributed by atoms with van der Waals surface area (Å²) >= 11 is 0. The Kier molecular flexibility index (Phi) is 8.22. The Hall–Kier alpha value is 1.81. The third-order valence-corrected chi connectivity index (χ3v) is 2.98. The summed E-state index contributed by atoms with van der Waals surface area (Å²) in [6.45, 7) is 7.11. The Bertz CT molecular complexity index is 110. The Morgan fingerprint density at radius 1 is 1.33 bits per heavy atom. The smallest absolute Gasteiger partial charge is 0.328 e. The van der Waals surface area contributed by atoms with Crippen LogP contribution in [0.3, 0.4) is 0 Å². The first-order valence-electron chi connectivity index (χ1n) is 5.01. The van der Waals surface area contributed by atoms with Crippen molar-refractivity contribution in [3.8, 4) is 0 Å². The van der Waals surface area contributed by atoms with E-state index in [0.717, 1.165) is 17.8 Å². The van der Waals surface area contributed by atoms with Crippen LogP contribution in [0.5, 0.6) is 0 Å². The van der Waals surface area contributed by atoms with Gasteiger partial charge in [-0.1, -0.05) is 39.5 Å². The molecule has 2 atom stereocenters. The van der Waals surface area contributed by atoms with E-state index in [-0.39, 0.29) is 58.2 Å². The topological polar surface area (TPSA) is 0 Å². The van der Waals surface area contributed by atoms with Gasteiger partial charge in [0.25, 0.3) is 0 Å². The van der Waals surface area contributed by atoms with E-state index in [1.165, 1.54) is 25.7 Å². The molecular formula is C11H21Rb. The minimum absolute atomic E-state index is 0. The molecule has 0 aromatic carbocycles. The average Bonchev–Trinajstić information content (AvgIpc) is 2.13. The zero-order valence-electron chi connectivity index (χ0n) is 9.14. The number of hydrogen-bond donors (Lipinski definition) is 0. The minimum atomic E-state index is 0. The summed E-state index contributed by atoms with van der Waals surface area (Å²) in [5.74, 6) is 2.81. The van der Waals surface area contributed by atoms with E-state index >= 15 is 0 Å². The molecule has 12 heavy (non-hydrogen) atoms. The van der Waals surface area contributed by atoms with Crippen LogP contribution in [0.2, 0.25) is 0 Å². The van der Waals surface area contributed by atoms with Crippen molar-refractivity contribution in [2.24, 2.45) is 17.8 Å². The maximum Gasteiger partial charge on any atom is 1.00 e. The molecule has 1 fully saturated rings. The standard InChI is InChI=1S/C11H21.Rb/c1-9(2)11-7-5-4-6-10(3)8-11;/h5,9-11H,4,6-8H2,1-3H3;/q-1;+1. The van der Waals surface area contributed by atoms with Gasteiger partial charge in [0.05, 0.1) is 0 Å². The molecule has 0 saturated heterocycles. The van der Waals surface area contributed by atoms with Crippen LogP contribution in [0.1, 0.15) is 46.5 Å². The fourth-order valence-corrected chi connectivity index (χ4v) is 2.01. The van der Waals surface area contributed by atoms with E-state index in [9.17, 15) is 0 Å². The van der Waals surface area contributed by atoms with E-state index in [2.05, 4.69) is 27.2 Å². The van der Waals surface area contributed by atoms with Gasteiger partial charge in [-0.25, -0.2) is 0 Å². The second kappa shape index (κ2) is 7.14. The van der Waals surface area contributed by atoms with Crippen molar-refractivity contribution in [2.75, 3.05) is 0 Å². The van der Waals surface area contributed by atoms with Crippen LogP contribution in [0.25, 0.3) is 0 Å². The first-order valence-corrected chi connectivity index (χ1v) is 5.01. The SMILES string of the molecule is CC1CC[CH-]CC(C(C)C)C1.[Rb+]. The van der Waals surface area contributed by atoms with Crippen LogP contribution >= 0.6 is 0 Å². The predicted molar refractivity (Wildman–Crippen MR) is 50.3 cm³/mol. The van der Waals surface area contributed by atoms with Crippen LogP contribution in [0.15, 0.2) is 0 Å². The number of hydrogen-bond acceptors (Lipinski definition) is 0. The second-order valence-electron chi connectivity index (χ2n) is 4.45. The molecular weight excluding hydrogens is 218 g/mol. The largest absolute Gasteiger partial charge is 1.00 e. The molecule has 0 aromatic heterocycles. The fourth-order valence-electron chi connectivity index (χ4n) is 2.01. The zero-order chi connectivity index (χ0) is 8.27. The monoisotopic (exact) mass is 238 g/mol. The van der Waals surface area contributed by atoms with Crippen molar-refractivity contribution in [2.45, 2.75) is 46.5 Å². The molecule has 0 spiro atoms. The minimum Gasteiger partial charge on any atom is -0.328 e. The maximum atomic E-state index is 2.49.